The topological polar surface area (TPSA) is 96.3 Å². The number of amides is 2. The van der Waals surface area contributed by atoms with Crippen molar-refractivity contribution in [1.82, 2.24) is 19.9 Å². The Hall–Kier alpha value is -3.20. The Bertz CT molecular complexity index is 1130. The molecule has 1 fully saturated rings. The summed E-state index contributed by atoms with van der Waals surface area (Å²) in [6.45, 7) is 2.81. The maximum absolute atomic E-state index is 12.8. The van der Waals surface area contributed by atoms with Crippen molar-refractivity contribution in [3.05, 3.63) is 57.0 Å². The quantitative estimate of drug-likeness (QED) is 0.590. The van der Waals surface area contributed by atoms with Gasteiger partial charge in [-0.3, -0.25) is 29.8 Å². The lowest BCUT2D eigenvalue weighted by Gasteiger charge is -2.24. The van der Waals surface area contributed by atoms with Crippen molar-refractivity contribution in [2.24, 2.45) is 0 Å². The maximum atomic E-state index is 12.8. The van der Waals surface area contributed by atoms with Crippen LogP contribution in [0, 0.1) is 0 Å². The molecule has 2 N–H and O–H groups in total. The monoisotopic (exact) mass is 425 g/mol. The van der Waals surface area contributed by atoms with E-state index in [1.165, 1.54) is 15.9 Å². The second-order valence-corrected chi connectivity index (χ2v) is 8.15. The molecular formula is C21H23N5O3S. The number of rotatable bonds is 6. The molecule has 1 aliphatic rings. The van der Waals surface area contributed by atoms with Gasteiger partial charge in [-0.1, -0.05) is 18.2 Å². The fourth-order valence-electron chi connectivity index (χ4n) is 3.76. The number of para-hydroxylation sites is 1. The Morgan fingerprint density at radius 1 is 1.23 bits per heavy atom. The molecule has 9 heteroatoms. The molecule has 0 aliphatic carbocycles. The summed E-state index contributed by atoms with van der Waals surface area (Å²) in [5.41, 5.74) is 5.82. The zero-order valence-electron chi connectivity index (χ0n) is 16.6. The molecule has 1 aromatic carbocycles. The predicted octanol–water partition coefficient (Wildman–Crippen LogP) is 2.15. The molecule has 1 aliphatic heterocycles. The van der Waals surface area contributed by atoms with Gasteiger partial charge in [0, 0.05) is 18.0 Å². The number of aromatic nitrogens is 2. The summed E-state index contributed by atoms with van der Waals surface area (Å²) >= 11 is 1.53. The van der Waals surface area contributed by atoms with Crippen LogP contribution in [0.3, 0.4) is 0 Å². The average molecular weight is 426 g/mol. The lowest BCUT2D eigenvalue weighted by Crippen LogP contribution is -2.48. The SMILES string of the molecule is CCn1c(NNC(=O)C2CCCN2C(=O)Cc2cccs2)nc2ccccc2c1=O. The number of nitrogens with one attached hydrogen (secondary N) is 2. The summed E-state index contributed by atoms with van der Waals surface area (Å²) in [6.07, 6.45) is 1.69. The highest BCUT2D eigenvalue weighted by Gasteiger charge is 2.34. The normalized spacial score (nSPS) is 16.0. The summed E-state index contributed by atoms with van der Waals surface area (Å²) in [5.74, 6) is -0.0921. The van der Waals surface area contributed by atoms with E-state index in [2.05, 4.69) is 15.8 Å². The van der Waals surface area contributed by atoms with E-state index in [4.69, 9.17) is 0 Å². The van der Waals surface area contributed by atoms with Gasteiger partial charge in [-0.15, -0.1) is 11.3 Å². The molecule has 1 saturated heterocycles. The Labute approximate surface area is 177 Å². The molecular weight excluding hydrogens is 402 g/mol. The molecule has 30 heavy (non-hydrogen) atoms. The number of hydrogen-bond donors (Lipinski definition) is 2. The van der Waals surface area contributed by atoms with E-state index < -0.39 is 6.04 Å². The van der Waals surface area contributed by atoms with E-state index in [0.29, 0.717) is 36.8 Å². The fourth-order valence-corrected chi connectivity index (χ4v) is 4.46. The minimum absolute atomic E-state index is 0.0515. The van der Waals surface area contributed by atoms with E-state index >= 15 is 0 Å². The maximum Gasteiger partial charge on any atom is 0.262 e. The second-order valence-electron chi connectivity index (χ2n) is 7.12. The summed E-state index contributed by atoms with van der Waals surface area (Å²) in [5, 5.41) is 2.46. The lowest BCUT2D eigenvalue weighted by molar-refractivity contribution is -0.137. The predicted molar refractivity (Wildman–Crippen MR) is 116 cm³/mol. The first-order valence-electron chi connectivity index (χ1n) is 9.95. The molecule has 0 bridgehead atoms. The third-order valence-electron chi connectivity index (χ3n) is 5.26. The highest BCUT2D eigenvalue weighted by Crippen LogP contribution is 2.20. The minimum atomic E-state index is -0.535. The van der Waals surface area contributed by atoms with Crippen molar-refractivity contribution in [3.63, 3.8) is 0 Å². The molecule has 3 aromatic rings. The molecule has 0 spiro atoms. The number of likely N-dealkylation sites (tertiary alicyclic amines) is 1. The average Bonchev–Trinajstić information content (AvgIpc) is 3.44. The lowest BCUT2D eigenvalue weighted by atomic mass is 10.2. The molecule has 0 radical (unpaired) electrons. The van der Waals surface area contributed by atoms with E-state index in [1.54, 1.807) is 23.1 Å². The third-order valence-corrected chi connectivity index (χ3v) is 6.13. The van der Waals surface area contributed by atoms with Gasteiger partial charge in [0.15, 0.2) is 0 Å². The van der Waals surface area contributed by atoms with Gasteiger partial charge in [0.2, 0.25) is 11.9 Å². The van der Waals surface area contributed by atoms with Crippen LogP contribution in [0.1, 0.15) is 24.6 Å². The molecule has 4 rings (SSSR count). The molecule has 1 atom stereocenters. The van der Waals surface area contributed by atoms with Crippen LogP contribution in [0.4, 0.5) is 5.95 Å². The van der Waals surface area contributed by atoms with E-state index in [1.807, 2.05) is 30.5 Å². The molecule has 2 amide bonds. The van der Waals surface area contributed by atoms with Crippen LogP contribution >= 0.6 is 11.3 Å². The van der Waals surface area contributed by atoms with E-state index in [-0.39, 0.29) is 23.3 Å². The van der Waals surface area contributed by atoms with Gasteiger partial charge in [-0.05, 0) is 43.3 Å². The van der Waals surface area contributed by atoms with E-state index in [0.717, 1.165) is 11.3 Å². The zero-order chi connectivity index (χ0) is 21.1. The number of carbonyl (C=O) groups excluding carboxylic acids is 2. The molecule has 156 valence electrons. The van der Waals surface area contributed by atoms with Gasteiger partial charge in [-0.2, -0.15) is 0 Å². The van der Waals surface area contributed by atoms with Crippen LogP contribution < -0.4 is 16.4 Å². The summed E-state index contributed by atoms with van der Waals surface area (Å²) in [7, 11) is 0. The Kier molecular flexibility index (Phi) is 5.80. The van der Waals surface area contributed by atoms with Crippen LogP contribution in [-0.2, 0) is 22.6 Å². The summed E-state index contributed by atoms with van der Waals surface area (Å²) in [6, 6.07) is 10.4. The standard InChI is InChI=1S/C21H23N5O3S/c1-2-25-20(29)15-8-3-4-9-16(15)22-21(25)24-23-19(28)17-10-5-11-26(17)18(27)13-14-7-6-12-30-14/h3-4,6-9,12,17H,2,5,10-11,13H2,1H3,(H,22,24)(H,23,28). The van der Waals surface area contributed by atoms with Crippen molar-refractivity contribution >= 4 is 40.0 Å². The molecule has 0 saturated carbocycles. The Balaban J connectivity index is 1.47. The van der Waals surface area contributed by atoms with Gasteiger partial charge in [0.25, 0.3) is 11.5 Å². The van der Waals surface area contributed by atoms with Crippen molar-refractivity contribution in [2.45, 2.75) is 38.8 Å². The van der Waals surface area contributed by atoms with Gasteiger partial charge in [0.05, 0.1) is 17.3 Å². The number of hydrazine groups is 1. The summed E-state index contributed by atoms with van der Waals surface area (Å²) < 4.78 is 1.47. The van der Waals surface area contributed by atoms with Gasteiger partial charge in [-0.25, -0.2) is 4.98 Å². The number of thiophene rings is 1. The minimum Gasteiger partial charge on any atom is -0.330 e. The molecule has 1 unspecified atom stereocenters. The summed E-state index contributed by atoms with van der Waals surface area (Å²) in [4.78, 5) is 45.3. The largest absolute Gasteiger partial charge is 0.330 e. The number of carbonyl (C=O) groups is 2. The number of nitrogens with zero attached hydrogens (tertiary/aromatic N) is 3. The highest BCUT2D eigenvalue weighted by molar-refractivity contribution is 7.10. The molecule has 2 aromatic heterocycles. The van der Waals surface area contributed by atoms with Crippen LogP contribution in [0.2, 0.25) is 0 Å². The van der Waals surface area contributed by atoms with Crippen molar-refractivity contribution in [3.8, 4) is 0 Å². The van der Waals surface area contributed by atoms with Crippen LogP contribution in [-0.4, -0.2) is 38.9 Å². The van der Waals surface area contributed by atoms with Crippen molar-refractivity contribution in [1.29, 1.82) is 0 Å². The first kappa shape index (κ1) is 20.1. The van der Waals surface area contributed by atoms with Crippen LogP contribution in [0.15, 0.2) is 46.6 Å². The van der Waals surface area contributed by atoms with Crippen LogP contribution in [0.5, 0.6) is 0 Å². The number of anilines is 1. The Morgan fingerprint density at radius 2 is 2.07 bits per heavy atom. The zero-order valence-corrected chi connectivity index (χ0v) is 17.4. The number of hydrogen-bond acceptors (Lipinski definition) is 6. The third kappa shape index (κ3) is 3.93. The smallest absolute Gasteiger partial charge is 0.262 e. The first-order chi connectivity index (χ1) is 14.6. The second kappa shape index (κ2) is 8.66. The Morgan fingerprint density at radius 3 is 2.83 bits per heavy atom. The highest BCUT2D eigenvalue weighted by atomic mass is 32.1. The molecule has 3 heterocycles. The van der Waals surface area contributed by atoms with Crippen molar-refractivity contribution in [2.75, 3.05) is 12.0 Å². The number of fused-ring (bicyclic) bond motifs is 1. The van der Waals surface area contributed by atoms with Crippen molar-refractivity contribution < 1.29 is 9.59 Å². The number of benzene rings is 1. The van der Waals surface area contributed by atoms with Gasteiger partial charge >= 0.3 is 0 Å². The fraction of sp³-hybridized carbons (Fsp3) is 0.333. The van der Waals surface area contributed by atoms with Crippen LogP contribution in [0.25, 0.3) is 10.9 Å². The first-order valence-corrected chi connectivity index (χ1v) is 10.8. The van der Waals surface area contributed by atoms with Gasteiger partial charge < -0.3 is 4.90 Å². The van der Waals surface area contributed by atoms with Gasteiger partial charge in [0.1, 0.15) is 6.04 Å². The molecule has 8 nitrogen and oxygen atoms in total. The van der Waals surface area contributed by atoms with E-state index in [9.17, 15) is 14.4 Å².